The summed E-state index contributed by atoms with van der Waals surface area (Å²) in [5.41, 5.74) is 3.50. The Morgan fingerprint density at radius 2 is 1.97 bits per heavy atom. The minimum Gasteiger partial charge on any atom is -0.451 e. The lowest BCUT2D eigenvalue weighted by molar-refractivity contribution is -0.129. The van der Waals surface area contributed by atoms with Crippen LogP contribution in [0.5, 0.6) is 0 Å². The molecular formula is C25H29N5O3. The van der Waals surface area contributed by atoms with Crippen LogP contribution in [0.25, 0.3) is 11.0 Å². The molecule has 1 saturated heterocycles. The molecule has 8 heteroatoms. The number of furan rings is 1. The SMILES string of the molecule is CNc1nc([C@@H]2CCCCN2C(=O)c2oc3ccccc3c2C)nc2c1CCN(C(C)=O)C2. The van der Waals surface area contributed by atoms with E-state index in [4.69, 9.17) is 14.4 Å². The van der Waals surface area contributed by atoms with Crippen molar-refractivity contribution < 1.29 is 14.0 Å². The Morgan fingerprint density at radius 3 is 2.73 bits per heavy atom. The molecule has 172 valence electrons. The summed E-state index contributed by atoms with van der Waals surface area (Å²) < 4.78 is 5.99. The van der Waals surface area contributed by atoms with Crippen LogP contribution in [0.1, 0.15) is 65.4 Å². The lowest BCUT2D eigenvalue weighted by Crippen LogP contribution is -2.40. The number of anilines is 1. The Bertz CT molecular complexity index is 1230. The van der Waals surface area contributed by atoms with Gasteiger partial charge in [0.15, 0.2) is 11.6 Å². The van der Waals surface area contributed by atoms with Crippen LogP contribution >= 0.6 is 0 Å². The van der Waals surface area contributed by atoms with E-state index in [2.05, 4.69) is 5.32 Å². The first kappa shape index (κ1) is 21.4. The highest BCUT2D eigenvalue weighted by Crippen LogP contribution is 2.35. The number of likely N-dealkylation sites (tertiary alicyclic amines) is 1. The number of piperidine rings is 1. The lowest BCUT2D eigenvalue weighted by Gasteiger charge is -2.35. The number of carbonyl (C=O) groups excluding carboxylic acids is 2. The Hall–Kier alpha value is -3.42. The Kier molecular flexibility index (Phi) is 5.52. The zero-order chi connectivity index (χ0) is 23.1. The topological polar surface area (TPSA) is 91.6 Å². The normalized spacial score (nSPS) is 18.3. The molecule has 1 N–H and O–H groups in total. The maximum absolute atomic E-state index is 13.7. The molecule has 2 aromatic heterocycles. The van der Waals surface area contributed by atoms with Gasteiger partial charge in [-0.2, -0.15) is 0 Å². The van der Waals surface area contributed by atoms with Crippen LogP contribution in [0.2, 0.25) is 0 Å². The number of nitrogens with zero attached hydrogens (tertiary/aromatic N) is 4. The highest BCUT2D eigenvalue weighted by molar-refractivity contribution is 5.99. The van der Waals surface area contributed by atoms with Crippen molar-refractivity contribution in [3.05, 3.63) is 52.7 Å². The first-order valence-electron chi connectivity index (χ1n) is 11.6. The number of nitrogens with one attached hydrogen (secondary N) is 1. The summed E-state index contributed by atoms with van der Waals surface area (Å²) in [5, 5.41) is 4.16. The molecule has 0 bridgehead atoms. The fourth-order valence-electron chi connectivity index (χ4n) is 5.03. The third-order valence-electron chi connectivity index (χ3n) is 6.86. The molecule has 2 amide bonds. The average Bonchev–Trinajstić information content (AvgIpc) is 3.19. The summed E-state index contributed by atoms with van der Waals surface area (Å²) in [5.74, 6) is 1.73. The molecule has 2 aliphatic heterocycles. The number of aromatic nitrogens is 2. The second kappa shape index (κ2) is 8.50. The number of hydrogen-bond donors (Lipinski definition) is 1. The molecule has 1 fully saturated rings. The molecule has 0 aliphatic carbocycles. The number of hydrogen-bond acceptors (Lipinski definition) is 6. The number of carbonyl (C=O) groups is 2. The zero-order valence-corrected chi connectivity index (χ0v) is 19.4. The van der Waals surface area contributed by atoms with Gasteiger partial charge in [-0.25, -0.2) is 9.97 Å². The van der Waals surface area contributed by atoms with Gasteiger partial charge in [0.25, 0.3) is 5.91 Å². The van der Waals surface area contributed by atoms with Crippen LogP contribution in [-0.2, 0) is 17.8 Å². The number of fused-ring (bicyclic) bond motifs is 2. The molecule has 33 heavy (non-hydrogen) atoms. The van der Waals surface area contributed by atoms with E-state index in [0.29, 0.717) is 31.2 Å². The maximum Gasteiger partial charge on any atom is 0.290 e. The standard InChI is InChI=1S/C25H29N5O3/c1-15-17-8-4-5-10-21(17)33-22(15)25(32)30-12-7-6-9-20(30)24-27-19-14-29(16(2)31)13-11-18(19)23(26-3)28-24/h4-5,8,10,20H,6-7,9,11-14H2,1-3H3,(H,26,27,28)/t20-/m0/s1. The molecule has 2 aliphatic rings. The predicted octanol–water partition coefficient (Wildman–Crippen LogP) is 3.84. The van der Waals surface area contributed by atoms with Crippen molar-refractivity contribution >= 4 is 28.6 Å². The Morgan fingerprint density at radius 1 is 1.15 bits per heavy atom. The fraction of sp³-hybridized carbons (Fsp3) is 0.440. The van der Waals surface area contributed by atoms with Crippen LogP contribution in [0.15, 0.2) is 28.7 Å². The second-order valence-electron chi connectivity index (χ2n) is 8.86. The van der Waals surface area contributed by atoms with E-state index in [1.54, 1.807) is 11.8 Å². The number of benzene rings is 1. The van der Waals surface area contributed by atoms with E-state index < -0.39 is 0 Å². The summed E-state index contributed by atoms with van der Waals surface area (Å²) in [6.07, 6.45) is 3.45. The van der Waals surface area contributed by atoms with Gasteiger partial charge in [-0.15, -0.1) is 0 Å². The van der Waals surface area contributed by atoms with Crippen molar-refractivity contribution in [3.63, 3.8) is 0 Å². The van der Waals surface area contributed by atoms with Crippen molar-refractivity contribution in [1.29, 1.82) is 0 Å². The van der Waals surface area contributed by atoms with Gasteiger partial charge in [-0.3, -0.25) is 9.59 Å². The first-order valence-corrected chi connectivity index (χ1v) is 11.6. The molecule has 8 nitrogen and oxygen atoms in total. The van der Waals surface area contributed by atoms with E-state index in [0.717, 1.165) is 59.3 Å². The molecule has 1 aromatic carbocycles. The minimum atomic E-state index is -0.232. The van der Waals surface area contributed by atoms with E-state index in [-0.39, 0.29) is 17.9 Å². The third kappa shape index (κ3) is 3.73. The zero-order valence-electron chi connectivity index (χ0n) is 19.4. The highest BCUT2D eigenvalue weighted by atomic mass is 16.3. The quantitative estimate of drug-likeness (QED) is 0.656. The van der Waals surface area contributed by atoms with Gasteiger partial charge in [0, 0.05) is 43.6 Å². The smallest absolute Gasteiger partial charge is 0.290 e. The lowest BCUT2D eigenvalue weighted by atomic mass is 9.99. The highest BCUT2D eigenvalue weighted by Gasteiger charge is 2.35. The van der Waals surface area contributed by atoms with Crippen molar-refractivity contribution in [1.82, 2.24) is 19.8 Å². The van der Waals surface area contributed by atoms with Gasteiger partial charge in [-0.05, 0) is 38.7 Å². The van der Waals surface area contributed by atoms with E-state index >= 15 is 0 Å². The molecule has 0 radical (unpaired) electrons. The molecule has 3 aromatic rings. The van der Waals surface area contributed by atoms with E-state index in [1.165, 1.54) is 0 Å². The van der Waals surface area contributed by atoms with Crippen LogP contribution in [0.4, 0.5) is 5.82 Å². The largest absolute Gasteiger partial charge is 0.451 e. The second-order valence-corrected chi connectivity index (χ2v) is 8.86. The number of rotatable bonds is 3. The summed E-state index contributed by atoms with van der Waals surface area (Å²) in [4.78, 5) is 39.0. The minimum absolute atomic E-state index is 0.0432. The predicted molar refractivity (Wildman–Crippen MR) is 125 cm³/mol. The first-order chi connectivity index (χ1) is 16.0. The Balaban J connectivity index is 1.52. The Labute approximate surface area is 193 Å². The molecule has 0 spiro atoms. The van der Waals surface area contributed by atoms with Crippen LogP contribution in [-0.4, -0.2) is 51.7 Å². The van der Waals surface area contributed by atoms with Crippen LogP contribution in [0, 0.1) is 6.92 Å². The number of para-hydroxylation sites is 1. The van der Waals surface area contributed by atoms with E-state index in [1.807, 2.05) is 43.1 Å². The average molecular weight is 448 g/mol. The maximum atomic E-state index is 13.7. The van der Waals surface area contributed by atoms with Crippen LogP contribution in [0.3, 0.4) is 0 Å². The monoisotopic (exact) mass is 447 g/mol. The van der Waals surface area contributed by atoms with Gasteiger partial charge < -0.3 is 19.5 Å². The van der Waals surface area contributed by atoms with Gasteiger partial charge >= 0.3 is 0 Å². The van der Waals surface area contributed by atoms with Gasteiger partial charge in [0.2, 0.25) is 5.91 Å². The van der Waals surface area contributed by atoms with Crippen LogP contribution < -0.4 is 5.32 Å². The summed E-state index contributed by atoms with van der Waals surface area (Å²) in [6.45, 7) is 5.29. The molecule has 5 rings (SSSR count). The molecular weight excluding hydrogens is 418 g/mol. The number of amides is 2. The number of aryl methyl sites for hydroxylation is 1. The van der Waals surface area contributed by atoms with Crippen molar-refractivity contribution in [3.8, 4) is 0 Å². The molecule has 4 heterocycles. The molecule has 0 unspecified atom stereocenters. The third-order valence-corrected chi connectivity index (χ3v) is 6.86. The van der Waals surface area contributed by atoms with Gasteiger partial charge in [0.05, 0.1) is 18.3 Å². The van der Waals surface area contributed by atoms with Crippen molar-refractivity contribution in [2.45, 2.75) is 52.1 Å². The molecule has 0 saturated carbocycles. The molecule has 1 atom stereocenters. The summed E-state index contributed by atoms with van der Waals surface area (Å²) in [6, 6.07) is 7.50. The fourth-order valence-corrected chi connectivity index (χ4v) is 5.03. The van der Waals surface area contributed by atoms with Gasteiger partial charge in [-0.1, -0.05) is 18.2 Å². The van der Waals surface area contributed by atoms with E-state index in [9.17, 15) is 9.59 Å². The summed E-state index contributed by atoms with van der Waals surface area (Å²) in [7, 11) is 1.85. The summed E-state index contributed by atoms with van der Waals surface area (Å²) >= 11 is 0. The van der Waals surface area contributed by atoms with Crippen molar-refractivity contribution in [2.75, 3.05) is 25.5 Å². The van der Waals surface area contributed by atoms with Crippen molar-refractivity contribution in [2.24, 2.45) is 0 Å². The van der Waals surface area contributed by atoms with Gasteiger partial charge in [0.1, 0.15) is 11.4 Å².